The molecule has 0 aromatic heterocycles. The Kier molecular flexibility index (Phi) is 4.43. The van der Waals surface area contributed by atoms with Crippen molar-refractivity contribution >= 4 is 23.2 Å². The highest BCUT2D eigenvalue weighted by Crippen LogP contribution is 2.63. The zero-order valence-corrected chi connectivity index (χ0v) is 15.5. The molecule has 134 valence electrons. The standard InChI is InChI=1S/C20H27N3O2/c1-13(24)21-16-7-5-14(6-8-16)11-18(25)23-22-17-12-15-9-10-20(17,4)19(15,2)3/h5-8,15H,9-12H2,1-4H3,(H,21,24)(H,23,25)/b22-17-/t15-,20+/m0/s1. The van der Waals surface area contributed by atoms with E-state index in [1.165, 1.54) is 13.3 Å². The van der Waals surface area contributed by atoms with Gasteiger partial charge in [0.05, 0.1) is 6.42 Å². The van der Waals surface area contributed by atoms with Crippen LogP contribution in [0, 0.1) is 16.7 Å². The van der Waals surface area contributed by atoms with Gasteiger partial charge in [-0.1, -0.05) is 32.9 Å². The number of hydrazone groups is 1. The summed E-state index contributed by atoms with van der Waals surface area (Å²) >= 11 is 0. The molecule has 2 aliphatic carbocycles. The highest BCUT2D eigenvalue weighted by molar-refractivity contribution is 5.95. The second-order valence-electron chi connectivity index (χ2n) is 8.14. The fourth-order valence-electron chi connectivity index (χ4n) is 4.36. The molecule has 2 bridgehead atoms. The lowest BCUT2D eigenvalue weighted by atomic mass is 9.70. The Balaban J connectivity index is 1.59. The molecule has 0 aliphatic heterocycles. The van der Waals surface area contributed by atoms with Crippen LogP contribution >= 0.6 is 0 Å². The molecule has 2 fully saturated rings. The average molecular weight is 341 g/mol. The molecule has 2 saturated carbocycles. The maximum absolute atomic E-state index is 12.2. The number of hydrogen-bond donors (Lipinski definition) is 2. The van der Waals surface area contributed by atoms with Crippen molar-refractivity contribution in [2.75, 3.05) is 5.32 Å². The second-order valence-corrected chi connectivity index (χ2v) is 8.14. The molecule has 0 radical (unpaired) electrons. The Labute approximate surface area is 149 Å². The summed E-state index contributed by atoms with van der Waals surface area (Å²) in [5, 5.41) is 7.20. The van der Waals surface area contributed by atoms with Crippen LogP contribution < -0.4 is 10.7 Å². The van der Waals surface area contributed by atoms with Gasteiger partial charge in [0.15, 0.2) is 0 Å². The van der Waals surface area contributed by atoms with Gasteiger partial charge in [0.1, 0.15) is 0 Å². The number of benzene rings is 1. The van der Waals surface area contributed by atoms with Crippen LogP contribution in [-0.4, -0.2) is 17.5 Å². The number of carbonyl (C=O) groups excluding carboxylic acids is 2. The second kappa shape index (κ2) is 6.28. The van der Waals surface area contributed by atoms with E-state index in [1.807, 2.05) is 12.1 Å². The van der Waals surface area contributed by atoms with Gasteiger partial charge in [-0.3, -0.25) is 9.59 Å². The Hall–Kier alpha value is -2.17. The number of amides is 2. The fraction of sp³-hybridized carbons (Fsp3) is 0.550. The summed E-state index contributed by atoms with van der Waals surface area (Å²) in [6.07, 6.45) is 3.69. The van der Waals surface area contributed by atoms with Crippen LogP contribution in [0.5, 0.6) is 0 Å². The molecule has 3 rings (SSSR count). The number of rotatable bonds is 4. The first kappa shape index (κ1) is 17.6. The molecule has 5 nitrogen and oxygen atoms in total. The van der Waals surface area contributed by atoms with Gasteiger partial charge in [-0.25, -0.2) is 5.43 Å². The Morgan fingerprint density at radius 1 is 1.20 bits per heavy atom. The molecule has 0 saturated heterocycles. The van der Waals surface area contributed by atoms with Crippen LogP contribution in [-0.2, 0) is 16.0 Å². The van der Waals surface area contributed by atoms with Crippen molar-refractivity contribution in [3.05, 3.63) is 29.8 Å². The smallest absolute Gasteiger partial charge is 0.244 e. The van der Waals surface area contributed by atoms with Gasteiger partial charge in [0.25, 0.3) is 0 Å². The van der Waals surface area contributed by atoms with E-state index >= 15 is 0 Å². The third-order valence-electron chi connectivity index (χ3n) is 6.47. The van der Waals surface area contributed by atoms with Crippen LogP contribution in [0.1, 0.15) is 52.5 Å². The molecule has 2 aliphatic rings. The molecular weight excluding hydrogens is 314 g/mol. The number of anilines is 1. The van der Waals surface area contributed by atoms with Crippen molar-refractivity contribution in [1.82, 2.24) is 5.43 Å². The average Bonchev–Trinajstić information content (AvgIpc) is 2.87. The van der Waals surface area contributed by atoms with E-state index in [1.54, 1.807) is 12.1 Å². The lowest BCUT2D eigenvalue weighted by Crippen LogP contribution is -2.34. The van der Waals surface area contributed by atoms with Crippen LogP contribution in [0.15, 0.2) is 29.4 Å². The minimum absolute atomic E-state index is 0.102. The molecule has 2 N–H and O–H groups in total. The van der Waals surface area contributed by atoms with Crippen molar-refractivity contribution in [2.45, 2.75) is 53.4 Å². The molecule has 0 unspecified atom stereocenters. The van der Waals surface area contributed by atoms with Gasteiger partial charge >= 0.3 is 0 Å². The van der Waals surface area contributed by atoms with Crippen LogP contribution in [0.3, 0.4) is 0 Å². The number of carbonyl (C=O) groups is 2. The topological polar surface area (TPSA) is 70.6 Å². The molecule has 5 heteroatoms. The highest BCUT2D eigenvalue weighted by atomic mass is 16.2. The van der Waals surface area contributed by atoms with Gasteiger partial charge in [0.2, 0.25) is 11.8 Å². The Morgan fingerprint density at radius 3 is 2.40 bits per heavy atom. The molecule has 2 atom stereocenters. The maximum Gasteiger partial charge on any atom is 0.244 e. The minimum Gasteiger partial charge on any atom is -0.326 e. The van der Waals surface area contributed by atoms with E-state index in [4.69, 9.17) is 0 Å². The van der Waals surface area contributed by atoms with Gasteiger partial charge in [0, 0.05) is 23.7 Å². The summed E-state index contributed by atoms with van der Waals surface area (Å²) in [5.41, 5.74) is 5.88. The lowest BCUT2D eigenvalue weighted by molar-refractivity contribution is -0.120. The number of nitrogens with zero attached hydrogens (tertiary/aromatic N) is 1. The Bertz CT molecular complexity index is 721. The summed E-state index contributed by atoms with van der Waals surface area (Å²) in [6, 6.07) is 7.30. The molecule has 0 spiro atoms. The van der Waals surface area contributed by atoms with Crippen molar-refractivity contribution in [2.24, 2.45) is 21.8 Å². The summed E-state index contributed by atoms with van der Waals surface area (Å²) in [7, 11) is 0. The van der Waals surface area contributed by atoms with Gasteiger partial charge < -0.3 is 5.32 Å². The predicted molar refractivity (Wildman–Crippen MR) is 99.3 cm³/mol. The van der Waals surface area contributed by atoms with Crippen molar-refractivity contribution < 1.29 is 9.59 Å². The van der Waals surface area contributed by atoms with Crippen molar-refractivity contribution in [1.29, 1.82) is 0 Å². The first-order valence-electron chi connectivity index (χ1n) is 8.95. The number of hydrogen-bond acceptors (Lipinski definition) is 3. The molecular formula is C20H27N3O2. The zero-order valence-electron chi connectivity index (χ0n) is 15.5. The molecule has 1 aromatic rings. The first-order valence-corrected chi connectivity index (χ1v) is 8.95. The SMILES string of the molecule is CC(=O)Nc1ccc(CC(=O)N/N=C2/C[C@@H]3CC[C@@]2(C)C3(C)C)cc1. The molecule has 0 heterocycles. The summed E-state index contributed by atoms with van der Waals surface area (Å²) in [6.45, 7) is 8.40. The minimum atomic E-state index is -0.108. The number of nitrogens with one attached hydrogen (secondary N) is 2. The van der Waals surface area contributed by atoms with Gasteiger partial charge in [-0.05, 0) is 48.3 Å². The largest absolute Gasteiger partial charge is 0.326 e. The first-order chi connectivity index (χ1) is 11.7. The van der Waals surface area contributed by atoms with Crippen molar-refractivity contribution in [3.8, 4) is 0 Å². The molecule has 1 aromatic carbocycles. The lowest BCUT2D eigenvalue weighted by Gasteiger charge is -2.34. The third-order valence-corrected chi connectivity index (χ3v) is 6.47. The van der Waals surface area contributed by atoms with Crippen LogP contribution in [0.4, 0.5) is 5.69 Å². The van der Waals surface area contributed by atoms with Crippen LogP contribution in [0.25, 0.3) is 0 Å². The van der Waals surface area contributed by atoms with E-state index < -0.39 is 0 Å². The van der Waals surface area contributed by atoms with Gasteiger partial charge in [-0.15, -0.1) is 0 Å². The van der Waals surface area contributed by atoms with Gasteiger partial charge in [-0.2, -0.15) is 5.10 Å². The van der Waals surface area contributed by atoms with Crippen LogP contribution in [0.2, 0.25) is 0 Å². The Morgan fingerprint density at radius 2 is 1.88 bits per heavy atom. The van der Waals surface area contributed by atoms with Crippen molar-refractivity contribution in [3.63, 3.8) is 0 Å². The van der Waals surface area contributed by atoms with E-state index in [9.17, 15) is 9.59 Å². The van der Waals surface area contributed by atoms with E-state index in [0.717, 1.165) is 29.8 Å². The fourth-order valence-corrected chi connectivity index (χ4v) is 4.36. The highest BCUT2D eigenvalue weighted by Gasteiger charge is 2.59. The van der Waals surface area contributed by atoms with E-state index in [-0.39, 0.29) is 29.1 Å². The zero-order chi connectivity index (χ0) is 18.2. The maximum atomic E-state index is 12.2. The normalized spacial score (nSPS) is 28.2. The summed E-state index contributed by atoms with van der Waals surface area (Å²) < 4.78 is 0. The third kappa shape index (κ3) is 3.20. The molecule has 25 heavy (non-hydrogen) atoms. The van der Waals surface area contributed by atoms with E-state index in [2.05, 4.69) is 36.6 Å². The summed E-state index contributed by atoms with van der Waals surface area (Å²) in [4.78, 5) is 23.2. The summed E-state index contributed by atoms with van der Waals surface area (Å²) in [5.74, 6) is 0.460. The van der Waals surface area contributed by atoms with E-state index in [0.29, 0.717) is 5.92 Å². The molecule has 2 amide bonds. The monoisotopic (exact) mass is 341 g/mol. The predicted octanol–water partition coefficient (Wildman–Crippen LogP) is 3.51. The quantitative estimate of drug-likeness (QED) is 0.823. The number of fused-ring (bicyclic) bond motifs is 2.